The van der Waals surface area contributed by atoms with Gasteiger partial charge in [-0.1, -0.05) is 30.3 Å². The largest absolute Gasteiger partial charge is 0.447 e. The molecule has 2 saturated heterocycles. The van der Waals surface area contributed by atoms with Crippen LogP contribution in [-0.4, -0.2) is 57.1 Å². The Morgan fingerprint density at radius 2 is 2.04 bits per heavy atom. The fourth-order valence-electron chi connectivity index (χ4n) is 4.25. The topological polar surface area (TPSA) is 67.1 Å². The molecule has 2 fully saturated rings. The van der Waals surface area contributed by atoms with Crippen molar-refractivity contribution < 1.29 is 9.53 Å². The van der Waals surface area contributed by atoms with Crippen molar-refractivity contribution in [3.8, 4) is 0 Å². The molecule has 7 nitrogen and oxygen atoms in total. The molecule has 4 heterocycles. The first-order chi connectivity index (χ1) is 13.6. The van der Waals surface area contributed by atoms with Crippen molar-refractivity contribution in [3.05, 3.63) is 69.6 Å². The van der Waals surface area contributed by atoms with Crippen molar-refractivity contribution in [1.29, 1.82) is 0 Å². The predicted molar refractivity (Wildman–Crippen MR) is 106 cm³/mol. The summed E-state index contributed by atoms with van der Waals surface area (Å²) in [4.78, 5) is 34.0. The lowest BCUT2D eigenvalue weighted by Gasteiger charge is -2.44. The van der Waals surface area contributed by atoms with E-state index in [0.717, 1.165) is 18.7 Å². The fourth-order valence-corrected chi connectivity index (χ4v) is 4.99. The first-order valence-electron chi connectivity index (χ1n) is 9.29. The second-order valence-corrected chi connectivity index (χ2v) is 8.32. The quantitative estimate of drug-likeness (QED) is 0.675. The number of benzene rings is 1. The third kappa shape index (κ3) is 2.98. The summed E-state index contributed by atoms with van der Waals surface area (Å²) in [5.41, 5.74) is 1.52. The number of ether oxygens (including phenoxy) is 1. The van der Waals surface area contributed by atoms with Crippen molar-refractivity contribution in [2.24, 2.45) is 0 Å². The van der Waals surface area contributed by atoms with Crippen molar-refractivity contribution in [1.82, 2.24) is 19.2 Å². The van der Waals surface area contributed by atoms with Crippen LogP contribution in [0.5, 0.6) is 0 Å². The Bertz CT molecular complexity index is 1080. The average molecular weight is 396 g/mol. The monoisotopic (exact) mass is 396 g/mol. The second-order valence-electron chi connectivity index (χ2n) is 7.44. The minimum atomic E-state index is -0.376. The van der Waals surface area contributed by atoms with Gasteiger partial charge >= 0.3 is 6.09 Å². The molecule has 28 heavy (non-hydrogen) atoms. The number of amides is 1. The number of nitrogens with zero attached hydrogens (tertiary/aromatic N) is 4. The van der Waals surface area contributed by atoms with Gasteiger partial charge in [-0.2, -0.15) is 0 Å². The molecule has 3 aromatic rings. The van der Waals surface area contributed by atoms with Crippen LogP contribution in [0, 0.1) is 0 Å². The highest BCUT2D eigenvalue weighted by molar-refractivity contribution is 7.15. The Morgan fingerprint density at radius 1 is 1.18 bits per heavy atom. The van der Waals surface area contributed by atoms with Crippen LogP contribution in [0.3, 0.4) is 0 Å². The van der Waals surface area contributed by atoms with Gasteiger partial charge in [-0.05, 0) is 5.56 Å². The standard InChI is InChI=1S/C20H20N4O3S/c25-17-10-16(21-18-23(17)8-9-28-18)12-22-6-7-24-19(26)27-14-20(24,13-22)11-15-4-2-1-3-5-15/h1-5,8-10H,6-7,11-14H2. The number of fused-ring (bicyclic) bond motifs is 2. The zero-order valence-electron chi connectivity index (χ0n) is 15.3. The highest BCUT2D eigenvalue weighted by atomic mass is 32.1. The smallest absolute Gasteiger partial charge is 0.410 e. The van der Waals surface area contributed by atoms with E-state index in [1.54, 1.807) is 16.7 Å². The van der Waals surface area contributed by atoms with E-state index in [9.17, 15) is 9.59 Å². The van der Waals surface area contributed by atoms with Crippen molar-refractivity contribution in [2.75, 3.05) is 26.2 Å². The van der Waals surface area contributed by atoms with Crippen LogP contribution in [0.2, 0.25) is 0 Å². The van der Waals surface area contributed by atoms with E-state index in [1.807, 2.05) is 28.5 Å². The zero-order chi connectivity index (χ0) is 19.1. The maximum Gasteiger partial charge on any atom is 0.410 e. The zero-order valence-corrected chi connectivity index (χ0v) is 16.1. The Kier molecular flexibility index (Phi) is 4.17. The highest BCUT2D eigenvalue weighted by Crippen LogP contribution is 2.32. The molecule has 0 saturated carbocycles. The summed E-state index contributed by atoms with van der Waals surface area (Å²) in [6, 6.07) is 11.8. The number of thiazole rings is 1. The molecule has 0 spiro atoms. The van der Waals surface area contributed by atoms with E-state index in [4.69, 9.17) is 4.74 Å². The van der Waals surface area contributed by atoms with E-state index >= 15 is 0 Å². The molecular formula is C20H20N4O3S. The van der Waals surface area contributed by atoms with E-state index < -0.39 is 0 Å². The van der Waals surface area contributed by atoms with Gasteiger partial charge in [-0.15, -0.1) is 11.3 Å². The molecule has 0 N–H and O–H groups in total. The van der Waals surface area contributed by atoms with Gasteiger partial charge in [0.05, 0.1) is 11.2 Å². The van der Waals surface area contributed by atoms with E-state index in [2.05, 4.69) is 22.0 Å². The van der Waals surface area contributed by atoms with Crippen LogP contribution in [0.25, 0.3) is 4.96 Å². The lowest BCUT2D eigenvalue weighted by Crippen LogP contribution is -2.62. The van der Waals surface area contributed by atoms with Crippen LogP contribution in [-0.2, 0) is 17.7 Å². The predicted octanol–water partition coefficient (Wildman–Crippen LogP) is 2.01. The van der Waals surface area contributed by atoms with Crippen molar-refractivity contribution in [3.63, 3.8) is 0 Å². The fraction of sp³-hybridized carbons (Fsp3) is 0.350. The summed E-state index contributed by atoms with van der Waals surface area (Å²) in [7, 11) is 0. The lowest BCUT2D eigenvalue weighted by molar-refractivity contribution is 0.0470. The van der Waals surface area contributed by atoms with Gasteiger partial charge in [-0.25, -0.2) is 9.78 Å². The first-order valence-corrected chi connectivity index (χ1v) is 10.2. The average Bonchev–Trinajstić information content (AvgIpc) is 3.28. The maximum atomic E-state index is 12.3. The Morgan fingerprint density at radius 3 is 2.89 bits per heavy atom. The van der Waals surface area contributed by atoms with Gasteiger partial charge in [0, 0.05) is 50.2 Å². The van der Waals surface area contributed by atoms with Gasteiger partial charge in [0.2, 0.25) is 0 Å². The van der Waals surface area contributed by atoms with E-state index in [0.29, 0.717) is 31.2 Å². The minimum absolute atomic E-state index is 0.0572. The SMILES string of the molecule is O=C1OCC2(Cc3ccccc3)CN(Cc3cc(=O)n4ccsc4n3)CCN12. The molecule has 1 aromatic carbocycles. The second kappa shape index (κ2) is 6.72. The number of hydrogen-bond donors (Lipinski definition) is 0. The van der Waals surface area contributed by atoms with Crippen LogP contribution in [0.4, 0.5) is 4.79 Å². The van der Waals surface area contributed by atoms with Crippen LogP contribution in [0.15, 0.2) is 52.8 Å². The third-order valence-electron chi connectivity index (χ3n) is 5.53. The van der Waals surface area contributed by atoms with Crippen LogP contribution >= 0.6 is 11.3 Å². The molecule has 144 valence electrons. The van der Waals surface area contributed by atoms with Crippen molar-refractivity contribution >= 4 is 22.4 Å². The lowest BCUT2D eigenvalue weighted by atomic mass is 9.88. The Labute approximate surface area is 165 Å². The molecule has 0 bridgehead atoms. The van der Waals surface area contributed by atoms with Crippen LogP contribution < -0.4 is 5.56 Å². The van der Waals surface area contributed by atoms with Crippen LogP contribution in [0.1, 0.15) is 11.3 Å². The summed E-state index contributed by atoms with van der Waals surface area (Å²) in [5, 5.41) is 1.86. The Hall–Kier alpha value is -2.71. The maximum absolute atomic E-state index is 12.3. The number of rotatable bonds is 4. The number of piperazine rings is 1. The molecule has 1 atom stereocenters. The molecule has 2 aliphatic heterocycles. The highest BCUT2D eigenvalue weighted by Gasteiger charge is 2.50. The molecule has 0 aliphatic carbocycles. The van der Waals surface area contributed by atoms with Gasteiger partial charge in [0.15, 0.2) is 4.96 Å². The summed E-state index contributed by atoms with van der Waals surface area (Å²) < 4.78 is 7.00. The Balaban J connectivity index is 1.41. The van der Waals surface area contributed by atoms with E-state index in [-0.39, 0.29) is 17.2 Å². The normalized spacial score (nSPS) is 22.4. The molecule has 2 aliphatic rings. The summed E-state index contributed by atoms with van der Waals surface area (Å²) in [6.07, 6.45) is 2.26. The third-order valence-corrected chi connectivity index (χ3v) is 6.29. The van der Waals surface area contributed by atoms with Gasteiger partial charge < -0.3 is 4.74 Å². The summed E-state index contributed by atoms with van der Waals surface area (Å²) >= 11 is 1.45. The van der Waals surface area contributed by atoms with Gasteiger partial charge in [0.1, 0.15) is 6.61 Å². The summed E-state index contributed by atoms with van der Waals surface area (Å²) in [6.45, 7) is 3.02. The molecular weight excluding hydrogens is 376 g/mol. The molecule has 0 radical (unpaired) electrons. The number of hydrogen-bond acceptors (Lipinski definition) is 6. The molecule has 1 unspecified atom stereocenters. The molecule has 2 aromatic heterocycles. The first kappa shape index (κ1) is 17.4. The van der Waals surface area contributed by atoms with Gasteiger partial charge in [-0.3, -0.25) is 19.0 Å². The number of cyclic esters (lactones) is 1. The minimum Gasteiger partial charge on any atom is -0.447 e. The molecule has 5 rings (SSSR count). The number of carbonyl (C=O) groups excluding carboxylic acids is 1. The van der Waals surface area contributed by atoms with Gasteiger partial charge in [0.25, 0.3) is 5.56 Å². The number of aromatic nitrogens is 2. The molecule has 8 heteroatoms. The van der Waals surface area contributed by atoms with E-state index in [1.165, 1.54) is 16.9 Å². The number of carbonyl (C=O) groups is 1. The molecule has 1 amide bonds. The summed E-state index contributed by atoms with van der Waals surface area (Å²) in [5.74, 6) is 0. The van der Waals surface area contributed by atoms with Crippen molar-refractivity contribution in [2.45, 2.75) is 18.5 Å².